The molecule has 0 amide bonds. The van der Waals surface area contributed by atoms with Gasteiger partial charge in [0.05, 0.1) is 30.0 Å². The number of carbonyl (C=O) groups is 1. The first kappa shape index (κ1) is 12.6. The molecule has 3 nitrogen and oxygen atoms in total. The molecule has 2 atom stereocenters. The lowest BCUT2D eigenvalue weighted by molar-refractivity contribution is 0.0255. The van der Waals surface area contributed by atoms with Gasteiger partial charge in [-0.1, -0.05) is 6.07 Å². The maximum atomic E-state index is 13.9. The number of halogens is 1. The van der Waals surface area contributed by atoms with E-state index in [2.05, 4.69) is 4.90 Å². The highest BCUT2D eigenvalue weighted by atomic mass is 19.1. The monoisotopic (exact) mass is 263 g/mol. The molecule has 4 heteroatoms. The van der Waals surface area contributed by atoms with Crippen molar-refractivity contribution in [2.24, 2.45) is 0 Å². The van der Waals surface area contributed by atoms with Gasteiger partial charge in [0.25, 0.3) is 0 Å². The number of ketones is 1. The second kappa shape index (κ2) is 4.93. The molecule has 19 heavy (non-hydrogen) atoms. The first-order valence-electron chi connectivity index (χ1n) is 6.86. The van der Waals surface area contributed by atoms with Gasteiger partial charge in [-0.2, -0.15) is 0 Å². The molecule has 2 unspecified atom stereocenters. The van der Waals surface area contributed by atoms with E-state index in [1.165, 1.54) is 13.0 Å². The summed E-state index contributed by atoms with van der Waals surface area (Å²) in [4.78, 5) is 13.9. The highest BCUT2D eigenvalue weighted by Gasteiger charge is 2.37. The zero-order valence-corrected chi connectivity index (χ0v) is 11.1. The maximum Gasteiger partial charge on any atom is 0.164 e. The number of ether oxygens (including phenoxy) is 1. The quantitative estimate of drug-likeness (QED) is 0.768. The lowest BCUT2D eigenvalue weighted by atomic mass is 10.0. The van der Waals surface area contributed by atoms with Crippen LogP contribution in [0.1, 0.15) is 36.5 Å². The molecule has 102 valence electrons. The van der Waals surface area contributed by atoms with Gasteiger partial charge in [0.1, 0.15) is 5.82 Å². The Morgan fingerprint density at radius 2 is 2.26 bits per heavy atom. The van der Waals surface area contributed by atoms with Gasteiger partial charge in [-0.3, -0.25) is 4.79 Å². The van der Waals surface area contributed by atoms with Crippen molar-refractivity contribution in [1.29, 1.82) is 0 Å². The largest absolute Gasteiger partial charge is 0.374 e. The molecule has 1 aliphatic carbocycles. The summed E-state index contributed by atoms with van der Waals surface area (Å²) in [7, 11) is 0. The van der Waals surface area contributed by atoms with Crippen molar-refractivity contribution in [3.8, 4) is 0 Å². The zero-order valence-electron chi connectivity index (χ0n) is 11.1. The van der Waals surface area contributed by atoms with Crippen LogP contribution in [0.25, 0.3) is 0 Å². The van der Waals surface area contributed by atoms with Gasteiger partial charge >= 0.3 is 0 Å². The van der Waals surface area contributed by atoms with E-state index in [4.69, 9.17) is 4.74 Å². The molecule has 0 bridgehead atoms. The van der Waals surface area contributed by atoms with Gasteiger partial charge in [0, 0.05) is 6.54 Å². The van der Waals surface area contributed by atoms with Gasteiger partial charge in [-0.05, 0) is 38.3 Å². The predicted octanol–water partition coefficient (Wildman–Crippen LogP) is 2.79. The predicted molar refractivity (Wildman–Crippen MR) is 71.1 cm³/mol. The molecule has 3 rings (SSSR count). The highest BCUT2D eigenvalue weighted by molar-refractivity contribution is 6.00. The molecule has 1 aromatic rings. The number of morpholine rings is 1. The summed E-state index contributed by atoms with van der Waals surface area (Å²) < 4.78 is 19.7. The Morgan fingerprint density at radius 3 is 3.05 bits per heavy atom. The molecule has 1 heterocycles. The number of carbonyl (C=O) groups excluding carboxylic acids is 1. The number of hydrogen-bond acceptors (Lipinski definition) is 3. The zero-order chi connectivity index (χ0) is 13.4. The van der Waals surface area contributed by atoms with E-state index in [0.717, 1.165) is 31.5 Å². The lowest BCUT2D eigenvalue weighted by Gasteiger charge is -2.40. The molecule has 1 aromatic carbocycles. The minimum absolute atomic E-state index is 0.214. The second-order valence-corrected chi connectivity index (χ2v) is 5.29. The number of nitrogens with zero attached hydrogens (tertiary/aromatic N) is 1. The van der Waals surface area contributed by atoms with E-state index < -0.39 is 5.82 Å². The Hall–Kier alpha value is -1.42. The third-order valence-electron chi connectivity index (χ3n) is 4.14. The molecule has 1 aliphatic heterocycles. The number of anilines is 1. The molecule has 1 saturated carbocycles. The second-order valence-electron chi connectivity index (χ2n) is 5.29. The van der Waals surface area contributed by atoms with Crippen LogP contribution in [-0.2, 0) is 4.74 Å². The lowest BCUT2D eigenvalue weighted by Crippen LogP contribution is -2.49. The number of Topliss-reactive ketones (excluding diaryl/α,β-unsaturated/α-hetero) is 1. The SMILES string of the molecule is CC(=O)c1c(F)cccc1N1CCOC2CCCC21. The van der Waals surface area contributed by atoms with Gasteiger partial charge in [0.2, 0.25) is 0 Å². The van der Waals surface area contributed by atoms with E-state index in [1.807, 2.05) is 6.07 Å². The van der Waals surface area contributed by atoms with Crippen LogP contribution in [0.3, 0.4) is 0 Å². The summed E-state index contributed by atoms with van der Waals surface area (Å²) in [5.41, 5.74) is 0.947. The van der Waals surface area contributed by atoms with Gasteiger partial charge in [-0.25, -0.2) is 4.39 Å². The molecule has 2 fully saturated rings. The van der Waals surface area contributed by atoms with Crippen LogP contribution in [0.5, 0.6) is 0 Å². The van der Waals surface area contributed by atoms with Crippen molar-refractivity contribution in [2.45, 2.75) is 38.3 Å². The summed E-state index contributed by atoms with van der Waals surface area (Å²) in [6.45, 7) is 2.80. The van der Waals surface area contributed by atoms with Crippen molar-refractivity contribution in [3.05, 3.63) is 29.6 Å². The summed E-state index contributed by atoms with van der Waals surface area (Å²) in [5, 5.41) is 0. The maximum absolute atomic E-state index is 13.9. The number of fused-ring (bicyclic) bond motifs is 1. The van der Waals surface area contributed by atoms with Crippen molar-refractivity contribution >= 4 is 11.5 Å². The fourth-order valence-electron chi connectivity index (χ4n) is 3.33. The minimum Gasteiger partial charge on any atom is -0.374 e. The van der Waals surface area contributed by atoms with Crippen molar-refractivity contribution in [3.63, 3.8) is 0 Å². The van der Waals surface area contributed by atoms with E-state index in [9.17, 15) is 9.18 Å². The van der Waals surface area contributed by atoms with Crippen LogP contribution in [0.15, 0.2) is 18.2 Å². The molecule has 1 saturated heterocycles. The average Bonchev–Trinajstić information content (AvgIpc) is 2.85. The van der Waals surface area contributed by atoms with E-state index in [1.54, 1.807) is 6.07 Å². The molecule has 0 aromatic heterocycles. The van der Waals surface area contributed by atoms with E-state index in [-0.39, 0.29) is 23.5 Å². The number of hydrogen-bond donors (Lipinski definition) is 0. The van der Waals surface area contributed by atoms with E-state index >= 15 is 0 Å². The Bertz CT molecular complexity index is 503. The van der Waals surface area contributed by atoms with E-state index in [0.29, 0.717) is 6.61 Å². The summed E-state index contributed by atoms with van der Waals surface area (Å²) in [5.74, 6) is -0.639. The minimum atomic E-state index is -0.425. The van der Waals surface area contributed by atoms with Gasteiger partial charge in [-0.15, -0.1) is 0 Å². The van der Waals surface area contributed by atoms with Gasteiger partial charge in [0.15, 0.2) is 5.78 Å². The first-order valence-corrected chi connectivity index (χ1v) is 6.86. The van der Waals surface area contributed by atoms with Crippen LogP contribution in [0.2, 0.25) is 0 Å². The third kappa shape index (κ3) is 2.14. The standard InChI is InChI=1S/C15H18FNO2/c1-10(18)15-11(16)4-2-6-13(15)17-8-9-19-14-7-3-5-12(14)17/h2,4,6,12,14H,3,5,7-9H2,1H3. The Balaban J connectivity index is 2.01. The molecule has 0 radical (unpaired) electrons. The first-order chi connectivity index (χ1) is 9.18. The van der Waals surface area contributed by atoms with Crippen LogP contribution >= 0.6 is 0 Å². The third-order valence-corrected chi connectivity index (χ3v) is 4.14. The van der Waals surface area contributed by atoms with Crippen LogP contribution < -0.4 is 4.90 Å². The summed E-state index contributed by atoms with van der Waals surface area (Å²) in [6.07, 6.45) is 3.48. The fourth-order valence-corrected chi connectivity index (χ4v) is 3.33. The molecular weight excluding hydrogens is 245 g/mol. The molecule has 0 N–H and O–H groups in total. The molecule has 0 spiro atoms. The van der Waals surface area contributed by atoms with Crippen LogP contribution in [-0.4, -0.2) is 31.1 Å². The number of rotatable bonds is 2. The summed E-state index contributed by atoms with van der Waals surface area (Å²) >= 11 is 0. The topological polar surface area (TPSA) is 29.5 Å². The Kier molecular flexibility index (Phi) is 3.27. The van der Waals surface area contributed by atoms with Crippen LogP contribution in [0.4, 0.5) is 10.1 Å². The van der Waals surface area contributed by atoms with Gasteiger partial charge < -0.3 is 9.64 Å². The highest BCUT2D eigenvalue weighted by Crippen LogP contribution is 2.35. The number of benzene rings is 1. The Labute approximate surface area is 112 Å². The Morgan fingerprint density at radius 1 is 1.42 bits per heavy atom. The van der Waals surface area contributed by atoms with Crippen LogP contribution in [0, 0.1) is 5.82 Å². The van der Waals surface area contributed by atoms with Crippen molar-refractivity contribution in [1.82, 2.24) is 0 Å². The molecule has 2 aliphatic rings. The summed E-state index contributed by atoms with van der Waals surface area (Å²) in [6, 6.07) is 5.16. The van der Waals surface area contributed by atoms with Crippen molar-refractivity contribution in [2.75, 3.05) is 18.1 Å². The average molecular weight is 263 g/mol. The van der Waals surface area contributed by atoms with Crippen molar-refractivity contribution < 1.29 is 13.9 Å². The molecular formula is C15H18FNO2. The fraction of sp³-hybridized carbons (Fsp3) is 0.533. The normalized spacial score (nSPS) is 26.3. The smallest absolute Gasteiger partial charge is 0.164 e.